The van der Waals surface area contributed by atoms with E-state index in [4.69, 9.17) is 12.6 Å². The first-order valence-corrected chi connectivity index (χ1v) is 9.84. The quantitative estimate of drug-likeness (QED) is 0.595. The molecule has 0 bridgehead atoms. The normalized spacial score (nSPS) is 13.5. The number of hydrogen-bond acceptors (Lipinski definition) is 2. The molecule has 2 radical (unpaired) electrons. The summed E-state index contributed by atoms with van der Waals surface area (Å²) in [5.41, 5.74) is 5.85. The second kappa shape index (κ2) is 8.58. The van der Waals surface area contributed by atoms with Crippen LogP contribution in [0.3, 0.4) is 0 Å². The lowest BCUT2D eigenvalue weighted by molar-refractivity contribution is 0.0697. The lowest BCUT2D eigenvalue weighted by Crippen LogP contribution is -2.06. The molecule has 0 aromatic heterocycles. The molecule has 0 saturated heterocycles. The van der Waals surface area contributed by atoms with Gasteiger partial charge in [-0.05, 0) is 71.9 Å². The minimum Gasteiger partial charge on any atom is -0.488 e. The van der Waals surface area contributed by atoms with Crippen LogP contribution in [-0.2, 0) is 6.61 Å². The predicted octanol–water partition coefficient (Wildman–Crippen LogP) is 4.99. The zero-order valence-electron chi connectivity index (χ0n) is 16.4. The molecule has 0 spiro atoms. The van der Waals surface area contributed by atoms with Crippen LogP contribution in [-0.4, -0.2) is 18.9 Å². The number of carboxylic acid groups (broad SMARTS) is 1. The highest BCUT2D eigenvalue weighted by atomic mass is 19.1. The van der Waals surface area contributed by atoms with Gasteiger partial charge in [0.1, 0.15) is 26.0 Å². The summed E-state index contributed by atoms with van der Waals surface area (Å²) in [6, 6.07) is 18.8. The molecule has 3 nitrogen and oxygen atoms in total. The van der Waals surface area contributed by atoms with Gasteiger partial charge < -0.3 is 9.84 Å². The standard InChI is InChI=1S/C25H20BFO3/c26-19-9-12-24(30-15-16-7-10-20(27)11-8-16)23(14-19)22-6-2-5-21(22)17-3-1-4-18(13-17)25(28)29/h1,3-4,7-14H,2,5-6,15H2,(H,28,29). The first-order chi connectivity index (χ1) is 14.5. The molecule has 30 heavy (non-hydrogen) atoms. The van der Waals surface area contributed by atoms with E-state index in [1.54, 1.807) is 36.4 Å². The van der Waals surface area contributed by atoms with E-state index in [0.717, 1.165) is 47.1 Å². The third-order valence-electron chi connectivity index (χ3n) is 5.31. The number of benzene rings is 3. The summed E-state index contributed by atoms with van der Waals surface area (Å²) in [4.78, 5) is 11.4. The van der Waals surface area contributed by atoms with Gasteiger partial charge in [-0.25, -0.2) is 9.18 Å². The second-order valence-electron chi connectivity index (χ2n) is 7.37. The topological polar surface area (TPSA) is 46.5 Å². The van der Waals surface area contributed by atoms with Crippen molar-refractivity contribution in [3.63, 3.8) is 0 Å². The minimum atomic E-state index is -0.940. The average molecular weight is 398 g/mol. The Morgan fingerprint density at radius 1 is 1.00 bits per heavy atom. The van der Waals surface area contributed by atoms with E-state index >= 15 is 0 Å². The smallest absolute Gasteiger partial charge is 0.335 e. The first kappa shape index (κ1) is 20.0. The third kappa shape index (κ3) is 4.30. The van der Waals surface area contributed by atoms with Crippen molar-refractivity contribution in [2.24, 2.45) is 0 Å². The summed E-state index contributed by atoms with van der Waals surface area (Å²) in [6.45, 7) is 0.314. The van der Waals surface area contributed by atoms with Crippen molar-refractivity contribution in [3.8, 4) is 5.75 Å². The number of carboxylic acids is 1. The highest BCUT2D eigenvalue weighted by molar-refractivity contribution is 6.32. The van der Waals surface area contributed by atoms with E-state index < -0.39 is 5.97 Å². The third-order valence-corrected chi connectivity index (χ3v) is 5.31. The monoisotopic (exact) mass is 398 g/mol. The Hall–Kier alpha value is -3.34. The Bertz CT molecular complexity index is 1120. The molecular weight excluding hydrogens is 378 g/mol. The van der Waals surface area contributed by atoms with Gasteiger partial charge in [0.25, 0.3) is 0 Å². The fraction of sp³-hybridized carbons (Fsp3) is 0.160. The number of halogens is 1. The zero-order chi connectivity index (χ0) is 21.1. The first-order valence-electron chi connectivity index (χ1n) is 9.84. The number of carbonyl (C=O) groups is 1. The molecule has 0 unspecified atom stereocenters. The summed E-state index contributed by atoms with van der Waals surface area (Å²) in [6.07, 6.45) is 2.71. The van der Waals surface area contributed by atoms with Crippen molar-refractivity contribution in [2.75, 3.05) is 0 Å². The Morgan fingerprint density at radius 3 is 2.53 bits per heavy atom. The number of allylic oxidation sites excluding steroid dienone is 2. The molecule has 0 fully saturated rings. The van der Waals surface area contributed by atoms with Crippen molar-refractivity contribution in [3.05, 3.63) is 94.8 Å². The van der Waals surface area contributed by atoms with Gasteiger partial charge in [0.2, 0.25) is 0 Å². The second-order valence-corrected chi connectivity index (χ2v) is 7.37. The van der Waals surface area contributed by atoms with E-state index in [-0.39, 0.29) is 11.4 Å². The van der Waals surface area contributed by atoms with Crippen LogP contribution in [0.2, 0.25) is 0 Å². The van der Waals surface area contributed by atoms with Gasteiger partial charge in [-0.1, -0.05) is 41.9 Å². The Kier molecular flexibility index (Phi) is 5.71. The number of aromatic carboxylic acids is 1. The molecule has 1 aliphatic carbocycles. The fourth-order valence-electron chi connectivity index (χ4n) is 3.85. The van der Waals surface area contributed by atoms with Crippen molar-refractivity contribution < 1.29 is 19.0 Å². The van der Waals surface area contributed by atoms with Crippen LogP contribution < -0.4 is 10.2 Å². The van der Waals surface area contributed by atoms with Gasteiger partial charge in [0, 0.05) is 5.56 Å². The molecule has 3 aromatic carbocycles. The SMILES string of the molecule is [B]c1ccc(OCc2ccc(F)cc2)c(C2=C(c3cccc(C(=O)O)c3)CCC2)c1. The van der Waals surface area contributed by atoms with E-state index in [9.17, 15) is 14.3 Å². The molecule has 0 aliphatic heterocycles. The van der Waals surface area contributed by atoms with Gasteiger partial charge in [-0.15, -0.1) is 0 Å². The largest absolute Gasteiger partial charge is 0.488 e. The number of rotatable bonds is 6. The molecule has 148 valence electrons. The van der Waals surface area contributed by atoms with Crippen LogP contribution >= 0.6 is 0 Å². The summed E-state index contributed by atoms with van der Waals surface area (Å²) >= 11 is 0. The highest BCUT2D eigenvalue weighted by Gasteiger charge is 2.21. The summed E-state index contributed by atoms with van der Waals surface area (Å²) < 4.78 is 19.2. The fourth-order valence-corrected chi connectivity index (χ4v) is 3.85. The number of hydrogen-bond donors (Lipinski definition) is 1. The van der Waals surface area contributed by atoms with E-state index in [1.165, 1.54) is 12.1 Å². The summed E-state index contributed by atoms with van der Waals surface area (Å²) in [7, 11) is 6.07. The van der Waals surface area contributed by atoms with Crippen LogP contribution in [0.1, 0.15) is 46.3 Å². The van der Waals surface area contributed by atoms with Crippen LogP contribution in [0.15, 0.2) is 66.7 Å². The van der Waals surface area contributed by atoms with Gasteiger partial charge in [0.05, 0.1) is 5.56 Å². The number of ether oxygens (including phenoxy) is 1. The maximum Gasteiger partial charge on any atom is 0.335 e. The van der Waals surface area contributed by atoms with Crippen LogP contribution in [0.4, 0.5) is 4.39 Å². The maximum atomic E-state index is 13.1. The van der Waals surface area contributed by atoms with Crippen molar-refractivity contribution >= 4 is 30.4 Å². The van der Waals surface area contributed by atoms with Crippen molar-refractivity contribution in [2.45, 2.75) is 25.9 Å². The van der Waals surface area contributed by atoms with E-state index in [2.05, 4.69) is 0 Å². The maximum absolute atomic E-state index is 13.1. The Balaban J connectivity index is 1.70. The highest BCUT2D eigenvalue weighted by Crippen LogP contribution is 2.42. The van der Waals surface area contributed by atoms with Crippen LogP contribution in [0.5, 0.6) is 5.75 Å². The van der Waals surface area contributed by atoms with E-state index in [1.807, 2.05) is 18.2 Å². The zero-order valence-corrected chi connectivity index (χ0v) is 16.4. The van der Waals surface area contributed by atoms with Crippen LogP contribution in [0, 0.1) is 5.82 Å². The van der Waals surface area contributed by atoms with Gasteiger partial charge in [-0.2, -0.15) is 0 Å². The Labute approximate surface area is 176 Å². The minimum absolute atomic E-state index is 0.270. The van der Waals surface area contributed by atoms with Crippen LogP contribution in [0.25, 0.3) is 11.1 Å². The molecule has 0 amide bonds. The summed E-state index contributed by atoms with van der Waals surface area (Å²) in [5, 5.41) is 9.33. The molecule has 5 heteroatoms. The predicted molar refractivity (Wildman–Crippen MR) is 117 cm³/mol. The Morgan fingerprint density at radius 2 is 1.77 bits per heavy atom. The van der Waals surface area contributed by atoms with E-state index in [0.29, 0.717) is 17.8 Å². The summed E-state index contributed by atoms with van der Waals surface area (Å²) in [5.74, 6) is -0.516. The van der Waals surface area contributed by atoms with Gasteiger partial charge in [-0.3, -0.25) is 0 Å². The molecule has 1 aliphatic rings. The molecule has 0 heterocycles. The van der Waals surface area contributed by atoms with Gasteiger partial charge in [0.15, 0.2) is 0 Å². The molecule has 4 rings (SSSR count). The van der Waals surface area contributed by atoms with Crippen molar-refractivity contribution in [1.82, 2.24) is 0 Å². The van der Waals surface area contributed by atoms with Crippen molar-refractivity contribution in [1.29, 1.82) is 0 Å². The molecule has 3 aromatic rings. The lowest BCUT2D eigenvalue weighted by atomic mass is 9.89. The molecular formula is C25H20BFO3. The average Bonchev–Trinajstić information content (AvgIpc) is 3.24. The molecule has 1 N–H and O–H groups in total. The molecule has 0 saturated carbocycles. The molecule has 0 atom stereocenters. The van der Waals surface area contributed by atoms with Gasteiger partial charge >= 0.3 is 5.97 Å². The lowest BCUT2D eigenvalue weighted by Gasteiger charge is -2.16.